The van der Waals surface area contributed by atoms with Gasteiger partial charge in [0.2, 0.25) is 5.95 Å². The van der Waals surface area contributed by atoms with Gasteiger partial charge >= 0.3 is 5.97 Å². The molecule has 0 saturated heterocycles. The third kappa shape index (κ3) is 1.45. The number of nitrogens with one attached hydrogen (secondary N) is 1. The summed E-state index contributed by atoms with van der Waals surface area (Å²) < 4.78 is 1.57. The zero-order valence-electron chi connectivity index (χ0n) is 9.45. The molecular weight excluding hydrogens is 234 g/mol. The van der Waals surface area contributed by atoms with Crippen molar-refractivity contribution >= 4 is 17.0 Å². The summed E-state index contributed by atoms with van der Waals surface area (Å²) in [6, 6.07) is 0. The van der Waals surface area contributed by atoms with Crippen molar-refractivity contribution in [1.82, 2.24) is 24.5 Å². The zero-order chi connectivity index (χ0) is 12.7. The van der Waals surface area contributed by atoms with Gasteiger partial charge in [0.15, 0.2) is 5.69 Å². The van der Waals surface area contributed by atoms with Crippen LogP contribution in [0.15, 0.2) is 24.9 Å². The summed E-state index contributed by atoms with van der Waals surface area (Å²) in [5, 5.41) is 9.18. The Kier molecular flexibility index (Phi) is 2.12. The molecule has 0 fully saturated rings. The lowest BCUT2D eigenvalue weighted by atomic mass is 10.2. The van der Waals surface area contributed by atoms with Crippen LogP contribution < -0.4 is 0 Å². The second kappa shape index (κ2) is 3.66. The Hall–Kier alpha value is -2.70. The Morgan fingerprint density at radius 3 is 2.94 bits per heavy atom. The summed E-state index contributed by atoms with van der Waals surface area (Å²) in [7, 11) is 0. The van der Waals surface area contributed by atoms with E-state index in [0.29, 0.717) is 17.0 Å². The highest BCUT2D eigenvalue weighted by Crippen LogP contribution is 2.19. The zero-order valence-corrected chi connectivity index (χ0v) is 9.45. The van der Waals surface area contributed by atoms with E-state index in [1.165, 1.54) is 6.33 Å². The van der Waals surface area contributed by atoms with Crippen molar-refractivity contribution in [2.75, 3.05) is 0 Å². The highest BCUT2D eigenvalue weighted by Gasteiger charge is 2.17. The number of imidazole rings is 1. The Morgan fingerprint density at radius 1 is 1.44 bits per heavy atom. The van der Waals surface area contributed by atoms with Crippen LogP contribution in [0.2, 0.25) is 0 Å². The van der Waals surface area contributed by atoms with E-state index in [1.54, 1.807) is 23.2 Å². The van der Waals surface area contributed by atoms with Gasteiger partial charge in [-0.1, -0.05) is 0 Å². The van der Waals surface area contributed by atoms with E-state index in [2.05, 4.69) is 19.9 Å². The minimum Gasteiger partial charge on any atom is -0.476 e. The van der Waals surface area contributed by atoms with Gasteiger partial charge in [-0.25, -0.2) is 19.7 Å². The summed E-state index contributed by atoms with van der Waals surface area (Å²) in [4.78, 5) is 26.4. The molecule has 18 heavy (non-hydrogen) atoms. The molecule has 2 N–H and O–H groups in total. The Labute approximate surface area is 101 Å². The average molecular weight is 243 g/mol. The average Bonchev–Trinajstić information content (AvgIpc) is 2.98. The molecule has 0 spiro atoms. The van der Waals surface area contributed by atoms with Crippen molar-refractivity contribution in [3.63, 3.8) is 0 Å². The first-order valence-electron chi connectivity index (χ1n) is 5.24. The van der Waals surface area contributed by atoms with Gasteiger partial charge in [-0.15, -0.1) is 0 Å². The molecule has 0 aliphatic rings. The third-order valence-electron chi connectivity index (χ3n) is 2.64. The molecule has 90 valence electrons. The molecule has 0 unspecified atom stereocenters. The molecule has 7 heteroatoms. The number of aryl methyl sites for hydroxylation is 1. The molecule has 0 atom stereocenters. The molecule has 3 heterocycles. The number of aromatic nitrogens is 5. The molecule has 0 aliphatic carbocycles. The molecule has 0 aromatic carbocycles. The van der Waals surface area contributed by atoms with Crippen LogP contribution >= 0.6 is 0 Å². The van der Waals surface area contributed by atoms with Gasteiger partial charge < -0.3 is 10.1 Å². The van der Waals surface area contributed by atoms with Crippen molar-refractivity contribution in [2.45, 2.75) is 6.92 Å². The van der Waals surface area contributed by atoms with E-state index in [1.807, 2.05) is 6.92 Å². The van der Waals surface area contributed by atoms with E-state index in [-0.39, 0.29) is 5.69 Å². The second-order valence-corrected chi connectivity index (χ2v) is 3.84. The van der Waals surface area contributed by atoms with Gasteiger partial charge in [-0.05, 0) is 12.5 Å². The minimum atomic E-state index is -1.09. The maximum atomic E-state index is 11.2. The molecular formula is C11H9N5O2. The van der Waals surface area contributed by atoms with Crippen molar-refractivity contribution < 1.29 is 9.90 Å². The maximum absolute atomic E-state index is 11.2. The topological polar surface area (TPSA) is 96.7 Å². The summed E-state index contributed by atoms with van der Waals surface area (Å²) in [6.07, 6.45) is 6.48. The van der Waals surface area contributed by atoms with Gasteiger partial charge in [0.05, 0.1) is 11.0 Å². The summed E-state index contributed by atoms with van der Waals surface area (Å²) in [5.74, 6) is -0.800. The van der Waals surface area contributed by atoms with E-state index in [4.69, 9.17) is 0 Å². The van der Waals surface area contributed by atoms with Gasteiger partial charge in [-0.3, -0.25) is 4.57 Å². The van der Waals surface area contributed by atoms with Crippen LogP contribution in [0, 0.1) is 6.92 Å². The quantitative estimate of drug-likeness (QED) is 0.703. The van der Waals surface area contributed by atoms with Crippen molar-refractivity contribution in [3.05, 3.63) is 36.2 Å². The number of carbonyl (C=O) groups is 1. The lowest BCUT2D eigenvalue weighted by molar-refractivity contribution is 0.0692. The molecule has 0 amide bonds. The molecule has 0 aliphatic heterocycles. The summed E-state index contributed by atoms with van der Waals surface area (Å²) >= 11 is 0. The lowest BCUT2D eigenvalue weighted by Gasteiger charge is -2.03. The van der Waals surface area contributed by atoms with Crippen LogP contribution in [-0.2, 0) is 0 Å². The van der Waals surface area contributed by atoms with Gasteiger partial charge in [-0.2, -0.15) is 0 Å². The molecule has 0 radical (unpaired) electrons. The van der Waals surface area contributed by atoms with Crippen LogP contribution in [0.1, 0.15) is 16.1 Å². The number of hydrogen-bond donors (Lipinski definition) is 2. The number of H-pyrrole nitrogens is 1. The van der Waals surface area contributed by atoms with Crippen LogP contribution in [0.25, 0.3) is 17.0 Å². The normalized spacial score (nSPS) is 10.9. The van der Waals surface area contributed by atoms with Crippen LogP contribution in [0.5, 0.6) is 0 Å². The standard InChI is InChI=1S/C11H9N5O2/c1-6-4-13-8-7(6)14-11(15-9(8)10(17)18)16-3-2-12-5-16/h2-5,13H,1H3,(H,17,18). The highest BCUT2D eigenvalue weighted by atomic mass is 16.4. The number of fused-ring (bicyclic) bond motifs is 1. The fraction of sp³-hybridized carbons (Fsp3) is 0.0909. The molecule has 0 bridgehead atoms. The monoisotopic (exact) mass is 243 g/mol. The number of nitrogens with zero attached hydrogens (tertiary/aromatic N) is 4. The number of hydrogen-bond acceptors (Lipinski definition) is 4. The fourth-order valence-electron chi connectivity index (χ4n) is 1.77. The fourth-order valence-corrected chi connectivity index (χ4v) is 1.77. The number of aromatic carboxylic acids is 1. The van der Waals surface area contributed by atoms with E-state index in [9.17, 15) is 9.90 Å². The van der Waals surface area contributed by atoms with Crippen LogP contribution in [0.4, 0.5) is 0 Å². The third-order valence-corrected chi connectivity index (χ3v) is 2.64. The Balaban J connectivity index is 2.35. The van der Waals surface area contributed by atoms with Gasteiger partial charge in [0, 0.05) is 18.6 Å². The van der Waals surface area contributed by atoms with Crippen molar-refractivity contribution in [3.8, 4) is 5.95 Å². The van der Waals surface area contributed by atoms with E-state index >= 15 is 0 Å². The largest absolute Gasteiger partial charge is 0.476 e. The number of aromatic amines is 1. The van der Waals surface area contributed by atoms with Crippen molar-refractivity contribution in [2.24, 2.45) is 0 Å². The first-order chi connectivity index (χ1) is 8.66. The van der Waals surface area contributed by atoms with Gasteiger partial charge in [0.1, 0.15) is 6.33 Å². The smallest absolute Gasteiger partial charge is 0.356 e. The van der Waals surface area contributed by atoms with Crippen molar-refractivity contribution in [1.29, 1.82) is 0 Å². The lowest BCUT2D eigenvalue weighted by Crippen LogP contribution is -2.08. The molecule has 3 aromatic heterocycles. The van der Waals surface area contributed by atoms with E-state index < -0.39 is 5.97 Å². The molecule has 0 saturated carbocycles. The predicted octanol–water partition coefficient (Wildman–Crippen LogP) is 1.15. The summed E-state index contributed by atoms with van der Waals surface area (Å²) in [6.45, 7) is 1.86. The first kappa shape index (κ1) is 10.5. The number of carboxylic acid groups (broad SMARTS) is 1. The number of rotatable bonds is 2. The SMILES string of the molecule is Cc1c[nH]c2c(C(=O)O)nc(-n3ccnc3)nc12. The predicted molar refractivity (Wildman–Crippen MR) is 62.7 cm³/mol. The number of carboxylic acids is 1. The molecule has 3 rings (SSSR count). The highest BCUT2D eigenvalue weighted by molar-refractivity contribution is 5.99. The maximum Gasteiger partial charge on any atom is 0.356 e. The van der Waals surface area contributed by atoms with Gasteiger partial charge in [0.25, 0.3) is 0 Å². The second-order valence-electron chi connectivity index (χ2n) is 3.84. The Morgan fingerprint density at radius 2 is 2.28 bits per heavy atom. The van der Waals surface area contributed by atoms with E-state index in [0.717, 1.165) is 5.56 Å². The van der Waals surface area contributed by atoms with Crippen LogP contribution in [0.3, 0.4) is 0 Å². The molecule has 7 nitrogen and oxygen atoms in total. The summed E-state index contributed by atoms with van der Waals surface area (Å²) in [5.41, 5.74) is 1.86. The molecule has 3 aromatic rings. The minimum absolute atomic E-state index is 0.0446. The first-order valence-corrected chi connectivity index (χ1v) is 5.24. The Bertz CT molecular complexity index is 729. The van der Waals surface area contributed by atoms with Crippen LogP contribution in [-0.4, -0.2) is 35.6 Å².